The fourth-order valence-electron chi connectivity index (χ4n) is 2.32. The monoisotopic (exact) mass is 213 g/mol. The summed E-state index contributed by atoms with van der Waals surface area (Å²) < 4.78 is 0. The molecule has 90 valence electrons. The van der Waals surface area contributed by atoms with E-state index in [9.17, 15) is 0 Å². The summed E-state index contributed by atoms with van der Waals surface area (Å²) in [5, 5.41) is 7.16. The minimum Gasteiger partial charge on any atom is -0.315 e. The predicted octanol–water partition coefficient (Wildman–Crippen LogP) is 1.06. The molecule has 3 heteroatoms. The molecule has 0 bridgehead atoms. The highest BCUT2D eigenvalue weighted by Gasteiger charge is 2.15. The quantitative estimate of drug-likeness (QED) is 0.691. The number of nitrogens with one attached hydrogen (secondary N) is 2. The average molecular weight is 213 g/mol. The standard InChI is InChI=1S/C12H27N3/c1-4-15(5-2)10-11(3)14-12-7-6-8-13-9-12/h11-14H,4-10H2,1-3H3. The van der Waals surface area contributed by atoms with Crippen molar-refractivity contribution in [1.29, 1.82) is 0 Å². The second kappa shape index (κ2) is 7.20. The van der Waals surface area contributed by atoms with E-state index in [0.717, 1.165) is 19.6 Å². The molecule has 0 saturated carbocycles. The smallest absolute Gasteiger partial charge is 0.0195 e. The van der Waals surface area contributed by atoms with Crippen molar-refractivity contribution < 1.29 is 0 Å². The lowest BCUT2D eigenvalue weighted by atomic mass is 10.1. The Hall–Kier alpha value is -0.120. The van der Waals surface area contributed by atoms with Crippen LogP contribution in [-0.2, 0) is 0 Å². The highest BCUT2D eigenvalue weighted by Crippen LogP contribution is 2.03. The first-order valence-electron chi connectivity index (χ1n) is 6.45. The van der Waals surface area contributed by atoms with Gasteiger partial charge in [-0.05, 0) is 39.4 Å². The maximum absolute atomic E-state index is 3.71. The van der Waals surface area contributed by atoms with Gasteiger partial charge in [0.25, 0.3) is 0 Å². The molecule has 15 heavy (non-hydrogen) atoms. The summed E-state index contributed by atoms with van der Waals surface area (Å²) >= 11 is 0. The second-order valence-electron chi connectivity index (χ2n) is 4.60. The van der Waals surface area contributed by atoms with Crippen molar-refractivity contribution in [3.63, 3.8) is 0 Å². The molecular weight excluding hydrogens is 186 g/mol. The molecule has 1 heterocycles. The van der Waals surface area contributed by atoms with Crippen molar-refractivity contribution in [2.24, 2.45) is 0 Å². The van der Waals surface area contributed by atoms with Gasteiger partial charge in [0.2, 0.25) is 0 Å². The van der Waals surface area contributed by atoms with E-state index < -0.39 is 0 Å². The van der Waals surface area contributed by atoms with Crippen LogP contribution >= 0.6 is 0 Å². The molecule has 2 N–H and O–H groups in total. The van der Waals surface area contributed by atoms with E-state index >= 15 is 0 Å². The first kappa shape index (κ1) is 12.9. The molecule has 2 unspecified atom stereocenters. The number of hydrogen-bond donors (Lipinski definition) is 2. The first-order chi connectivity index (χ1) is 7.26. The fraction of sp³-hybridized carbons (Fsp3) is 1.00. The molecular formula is C12H27N3. The van der Waals surface area contributed by atoms with Gasteiger partial charge in [0.05, 0.1) is 0 Å². The Bertz CT molecular complexity index is 151. The van der Waals surface area contributed by atoms with Crippen LogP contribution in [0.1, 0.15) is 33.6 Å². The number of piperidine rings is 1. The number of nitrogens with zero attached hydrogens (tertiary/aromatic N) is 1. The summed E-state index contributed by atoms with van der Waals surface area (Å²) in [6.07, 6.45) is 2.64. The van der Waals surface area contributed by atoms with Crippen molar-refractivity contribution in [2.75, 3.05) is 32.7 Å². The van der Waals surface area contributed by atoms with Crippen LogP contribution in [0.2, 0.25) is 0 Å². The summed E-state index contributed by atoms with van der Waals surface area (Å²) in [6, 6.07) is 1.29. The van der Waals surface area contributed by atoms with E-state index in [1.165, 1.54) is 25.9 Å². The Labute approximate surface area is 94.6 Å². The SMILES string of the molecule is CCN(CC)CC(C)NC1CCCNC1. The lowest BCUT2D eigenvalue weighted by Crippen LogP contribution is -2.49. The molecule has 0 aliphatic carbocycles. The Balaban J connectivity index is 2.18. The zero-order valence-corrected chi connectivity index (χ0v) is 10.6. The third kappa shape index (κ3) is 4.96. The topological polar surface area (TPSA) is 27.3 Å². The zero-order valence-electron chi connectivity index (χ0n) is 10.6. The van der Waals surface area contributed by atoms with Gasteiger partial charge >= 0.3 is 0 Å². The highest BCUT2D eigenvalue weighted by atomic mass is 15.1. The Morgan fingerprint density at radius 2 is 2.13 bits per heavy atom. The molecule has 0 radical (unpaired) electrons. The zero-order chi connectivity index (χ0) is 11.1. The van der Waals surface area contributed by atoms with Crippen LogP contribution in [0, 0.1) is 0 Å². The lowest BCUT2D eigenvalue weighted by Gasteiger charge is -2.30. The van der Waals surface area contributed by atoms with E-state index in [1.807, 2.05) is 0 Å². The third-order valence-corrected chi connectivity index (χ3v) is 3.24. The van der Waals surface area contributed by atoms with Gasteiger partial charge in [0.1, 0.15) is 0 Å². The van der Waals surface area contributed by atoms with Gasteiger partial charge in [-0.15, -0.1) is 0 Å². The highest BCUT2D eigenvalue weighted by molar-refractivity contribution is 4.79. The molecule has 0 amide bonds. The van der Waals surface area contributed by atoms with Crippen LogP contribution < -0.4 is 10.6 Å². The summed E-state index contributed by atoms with van der Waals surface area (Å²) in [7, 11) is 0. The van der Waals surface area contributed by atoms with Gasteiger partial charge in [-0.2, -0.15) is 0 Å². The molecule has 0 aromatic carbocycles. The minimum atomic E-state index is 0.606. The summed E-state index contributed by atoms with van der Waals surface area (Å²) in [5.41, 5.74) is 0. The van der Waals surface area contributed by atoms with Crippen LogP contribution in [0.4, 0.5) is 0 Å². The molecule has 2 atom stereocenters. The van der Waals surface area contributed by atoms with Crippen LogP contribution in [0.3, 0.4) is 0 Å². The maximum Gasteiger partial charge on any atom is 0.0195 e. The molecule has 1 aliphatic heterocycles. The Morgan fingerprint density at radius 1 is 1.40 bits per heavy atom. The van der Waals surface area contributed by atoms with Crippen LogP contribution in [-0.4, -0.2) is 49.7 Å². The first-order valence-corrected chi connectivity index (χ1v) is 6.45. The molecule has 0 spiro atoms. The van der Waals surface area contributed by atoms with Crippen LogP contribution in [0.5, 0.6) is 0 Å². The maximum atomic E-state index is 3.71. The molecule has 3 nitrogen and oxygen atoms in total. The molecule has 1 saturated heterocycles. The molecule has 0 aromatic rings. The van der Waals surface area contributed by atoms with Crippen molar-refractivity contribution in [1.82, 2.24) is 15.5 Å². The molecule has 1 aliphatic rings. The summed E-state index contributed by atoms with van der Waals surface area (Å²) in [5.74, 6) is 0. The van der Waals surface area contributed by atoms with Gasteiger partial charge in [0.15, 0.2) is 0 Å². The van der Waals surface area contributed by atoms with Gasteiger partial charge in [0, 0.05) is 25.2 Å². The minimum absolute atomic E-state index is 0.606. The van der Waals surface area contributed by atoms with Gasteiger partial charge in [-0.1, -0.05) is 13.8 Å². The van der Waals surface area contributed by atoms with Crippen molar-refractivity contribution in [3.8, 4) is 0 Å². The molecule has 1 rings (SSSR count). The van der Waals surface area contributed by atoms with E-state index in [2.05, 4.69) is 36.3 Å². The Kier molecular flexibility index (Phi) is 6.22. The van der Waals surface area contributed by atoms with Crippen molar-refractivity contribution in [2.45, 2.75) is 45.7 Å². The largest absolute Gasteiger partial charge is 0.315 e. The number of likely N-dealkylation sites (N-methyl/N-ethyl adjacent to an activating group) is 1. The van der Waals surface area contributed by atoms with Gasteiger partial charge in [-0.25, -0.2) is 0 Å². The summed E-state index contributed by atoms with van der Waals surface area (Å²) in [4.78, 5) is 2.48. The predicted molar refractivity (Wildman–Crippen MR) is 66.3 cm³/mol. The number of hydrogen-bond acceptors (Lipinski definition) is 3. The molecule has 0 aromatic heterocycles. The van der Waals surface area contributed by atoms with Crippen molar-refractivity contribution in [3.05, 3.63) is 0 Å². The Morgan fingerprint density at radius 3 is 2.67 bits per heavy atom. The average Bonchev–Trinajstić information content (AvgIpc) is 2.27. The van der Waals surface area contributed by atoms with Gasteiger partial charge in [-0.3, -0.25) is 0 Å². The second-order valence-corrected chi connectivity index (χ2v) is 4.60. The summed E-state index contributed by atoms with van der Waals surface area (Å²) in [6.45, 7) is 12.6. The van der Waals surface area contributed by atoms with Crippen molar-refractivity contribution >= 4 is 0 Å². The van der Waals surface area contributed by atoms with E-state index in [0.29, 0.717) is 12.1 Å². The van der Waals surface area contributed by atoms with E-state index in [4.69, 9.17) is 0 Å². The van der Waals surface area contributed by atoms with Crippen LogP contribution in [0.15, 0.2) is 0 Å². The third-order valence-electron chi connectivity index (χ3n) is 3.24. The number of rotatable bonds is 6. The lowest BCUT2D eigenvalue weighted by molar-refractivity contribution is 0.251. The normalized spacial score (nSPS) is 24.4. The molecule has 1 fully saturated rings. The van der Waals surface area contributed by atoms with Crippen LogP contribution in [0.25, 0.3) is 0 Å². The van der Waals surface area contributed by atoms with E-state index in [-0.39, 0.29) is 0 Å². The fourth-order valence-corrected chi connectivity index (χ4v) is 2.32. The van der Waals surface area contributed by atoms with E-state index in [1.54, 1.807) is 0 Å². The van der Waals surface area contributed by atoms with Gasteiger partial charge < -0.3 is 15.5 Å².